The quantitative estimate of drug-likeness (QED) is 0.527. The van der Waals surface area contributed by atoms with Gasteiger partial charge in [0.25, 0.3) is 0 Å². The van der Waals surface area contributed by atoms with Crippen LogP contribution in [0.2, 0.25) is 10.0 Å². The summed E-state index contributed by atoms with van der Waals surface area (Å²) in [6.07, 6.45) is 0. The fourth-order valence-electron chi connectivity index (χ4n) is 2.50. The minimum absolute atomic E-state index is 0. The minimum Gasteiger partial charge on any atom is -0.497 e. The molecule has 4 rings (SSSR count). The number of nitrogens with zero attached hydrogens (tertiary/aromatic N) is 4. The number of hydrogen-bond acceptors (Lipinski definition) is 5. The van der Waals surface area contributed by atoms with E-state index >= 15 is 0 Å². The number of halogens is 3. The van der Waals surface area contributed by atoms with E-state index < -0.39 is 0 Å². The number of aromatic nitrogens is 3. The van der Waals surface area contributed by atoms with Crippen molar-refractivity contribution < 1.29 is 4.74 Å². The van der Waals surface area contributed by atoms with Crippen LogP contribution >= 0.6 is 51.9 Å². The van der Waals surface area contributed by atoms with Gasteiger partial charge in [0.15, 0.2) is 5.82 Å². The molecule has 5 nitrogen and oxygen atoms in total. The lowest BCUT2D eigenvalue weighted by Crippen LogP contribution is -2.13. The van der Waals surface area contributed by atoms with E-state index in [-0.39, 0.29) is 17.0 Å². The molecule has 3 aromatic rings. The predicted molar refractivity (Wildman–Crippen MR) is 111 cm³/mol. The van der Waals surface area contributed by atoms with Gasteiger partial charge in [-0.05, 0) is 42.0 Å². The van der Waals surface area contributed by atoms with Crippen LogP contribution in [0.4, 0.5) is 0 Å². The zero-order valence-corrected chi connectivity index (χ0v) is 17.6. The molecule has 1 aliphatic heterocycles. The molecule has 0 N–H and O–H groups in total. The van der Waals surface area contributed by atoms with Gasteiger partial charge < -0.3 is 4.74 Å². The summed E-state index contributed by atoms with van der Waals surface area (Å²) in [5.41, 5.74) is 2.66. The van der Waals surface area contributed by atoms with E-state index in [1.165, 1.54) is 0 Å². The van der Waals surface area contributed by atoms with Gasteiger partial charge in [0.1, 0.15) is 5.75 Å². The van der Waals surface area contributed by atoms with E-state index in [2.05, 4.69) is 10.2 Å². The SMILES string of the molecule is Br.COc1ccc(C2=Nn3c(nnc3-c3cccc(Cl)c3Cl)SC2)cc1. The Morgan fingerprint density at radius 2 is 1.85 bits per heavy atom. The van der Waals surface area contributed by atoms with Gasteiger partial charge in [0, 0.05) is 11.3 Å². The maximum atomic E-state index is 6.33. The first-order valence-electron chi connectivity index (χ1n) is 7.42. The van der Waals surface area contributed by atoms with E-state index in [9.17, 15) is 0 Å². The van der Waals surface area contributed by atoms with Gasteiger partial charge in [-0.15, -0.1) is 27.2 Å². The molecular formula is C17H13BrCl2N4OS. The standard InChI is InChI=1S/C17H12Cl2N4OS.BrH/c1-24-11-7-5-10(6-8-11)14-9-25-17-21-20-16(23(17)22-14)12-3-2-4-13(18)15(12)19;/h2-8H,9H2,1H3;1H. The molecular weight excluding hydrogens is 459 g/mol. The average molecular weight is 472 g/mol. The van der Waals surface area contributed by atoms with Crippen LogP contribution in [0.3, 0.4) is 0 Å². The zero-order valence-electron chi connectivity index (χ0n) is 13.5. The summed E-state index contributed by atoms with van der Waals surface area (Å²) in [7, 11) is 1.65. The molecule has 0 unspecified atom stereocenters. The van der Waals surface area contributed by atoms with Crippen molar-refractivity contribution >= 4 is 57.7 Å². The van der Waals surface area contributed by atoms with Crippen LogP contribution in [0.15, 0.2) is 52.7 Å². The van der Waals surface area contributed by atoms with E-state index in [0.717, 1.165) is 22.2 Å². The maximum Gasteiger partial charge on any atom is 0.212 e. The minimum atomic E-state index is 0. The molecule has 26 heavy (non-hydrogen) atoms. The highest BCUT2D eigenvalue weighted by Crippen LogP contribution is 2.35. The van der Waals surface area contributed by atoms with Crippen LogP contribution < -0.4 is 4.74 Å². The van der Waals surface area contributed by atoms with Crippen LogP contribution in [0.25, 0.3) is 11.4 Å². The molecule has 0 fully saturated rings. The van der Waals surface area contributed by atoms with Crippen molar-refractivity contribution in [1.29, 1.82) is 0 Å². The summed E-state index contributed by atoms with van der Waals surface area (Å²) >= 11 is 14.0. The monoisotopic (exact) mass is 470 g/mol. The van der Waals surface area contributed by atoms with E-state index in [4.69, 9.17) is 33.0 Å². The lowest BCUT2D eigenvalue weighted by atomic mass is 10.1. The Bertz CT molecular complexity index is 975. The normalized spacial score (nSPS) is 12.8. The summed E-state index contributed by atoms with van der Waals surface area (Å²) in [5.74, 6) is 2.10. The smallest absolute Gasteiger partial charge is 0.212 e. The number of rotatable bonds is 3. The van der Waals surface area contributed by atoms with Crippen LogP contribution in [0.1, 0.15) is 5.56 Å². The number of fused-ring (bicyclic) bond motifs is 1. The summed E-state index contributed by atoms with van der Waals surface area (Å²) < 4.78 is 6.92. The zero-order chi connectivity index (χ0) is 17.4. The van der Waals surface area contributed by atoms with Crippen molar-refractivity contribution in [3.63, 3.8) is 0 Å². The summed E-state index contributed by atoms with van der Waals surface area (Å²) in [6, 6.07) is 13.2. The second-order valence-electron chi connectivity index (χ2n) is 5.28. The molecule has 0 aliphatic carbocycles. The molecule has 1 aliphatic rings. The van der Waals surface area contributed by atoms with Crippen LogP contribution in [-0.4, -0.2) is 33.4 Å². The molecule has 1 aromatic heterocycles. The van der Waals surface area contributed by atoms with Crippen LogP contribution in [0, 0.1) is 0 Å². The number of ether oxygens (including phenoxy) is 1. The molecule has 0 saturated heterocycles. The third-order valence-electron chi connectivity index (χ3n) is 3.79. The molecule has 0 saturated carbocycles. The Balaban J connectivity index is 0.00000196. The van der Waals surface area contributed by atoms with Gasteiger partial charge in [-0.1, -0.05) is 41.0 Å². The summed E-state index contributed by atoms with van der Waals surface area (Å²) in [4.78, 5) is 0. The Kier molecular flexibility index (Phi) is 5.92. The largest absolute Gasteiger partial charge is 0.497 e. The van der Waals surface area contributed by atoms with Gasteiger partial charge in [-0.25, -0.2) is 0 Å². The molecule has 0 bridgehead atoms. The van der Waals surface area contributed by atoms with Crippen molar-refractivity contribution in [2.24, 2.45) is 5.10 Å². The Labute approximate surface area is 175 Å². The summed E-state index contributed by atoms with van der Waals surface area (Å²) in [5, 5.41) is 14.8. The first kappa shape index (κ1) is 19.2. The van der Waals surface area contributed by atoms with Crippen LogP contribution in [0.5, 0.6) is 5.75 Å². The fourth-order valence-corrected chi connectivity index (χ4v) is 3.72. The van der Waals surface area contributed by atoms with Gasteiger partial charge in [0.05, 0.1) is 22.9 Å². The second-order valence-corrected chi connectivity index (χ2v) is 7.01. The third kappa shape index (κ3) is 3.49. The lowest BCUT2D eigenvalue weighted by Gasteiger charge is -2.14. The van der Waals surface area contributed by atoms with E-state index in [0.29, 0.717) is 27.2 Å². The van der Waals surface area contributed by atoms with Crippen molar-refractivity contribution in [3.8, 4) is 17.1 Å². The fraction of sp³-hybridized carbons (Fsp3) is 0.118. The Hall–Kier alpha value is -1.54. The third-order valence-corrected chi connectivity index (χ3v) is 5.54. The van der Waals surface area contributed by atoms with Gasteiger partial charge >= 0.3 is 0 Å². The number of benzene rings is 2. The Morgan fingerprint density at radius 3 is 2.58 bits per heavy atom. The highest BCUT2D eigenvalue weighted by atomic mass is 79.9. The molecule has 0 spiro atoms. The molecule has 2 aromatic carbocycles. The lowest BCUT2D eigenvalue weighted by molar-refractivity contribution is 0.415. The molecule has 134 valence electrons. The first-order valence-corrected chi connectivity index (χ1v) is 9.16. The van der Waals surface area contributed by atoms with E-state index in [1.54, 1.807) is 29.6 Å². The van der Waals surface area contributed by atoms with Gasteiger partial charge in [-0.3, -0.25) is 0 Å². The Morgan fingerprint density at radius 1 is 1.08 bits per heavy atom. The molecule has 2 heterocycles. The number of thioether (sulfide) groups is 1. The molecule has 9 heteroatoms. The van der Waals surface area contributed by atoms with Crippen molar-refractivity contribution in [2.45, 2.75) is 5.16 Å². The second kappa shape index (κ2) is 8.00. The summed E-state index contributed by atoms with van der Waals surface area (Å²) in [6.45, 7) is 0. The van der Waals surface area contributed by atoms with Crippen molar-refractivity contribution in [1.82, 2.24) is 14.9 Å². The topological polar surface area (TPSA) is 52.3 Å². The highest BCUT2D eigenvalue weighted by molar-refractivity contribution is 8.93. The van der Waals surface area contributed by atoms with Crippen LogP contribution in [-0.2, 0) is 0 Å². The average Bonchev–Trinajstić information content (AvgIpc) is 3.07. The molecule has 0 radical (unpaired) electrons. The van der Waals surface area contributed by atoms with E-state index in [1.807, 2.05) is 36.4 Å². The molecule has 0 amide bonds. The number of methoxy groups -OCH3 is 1. The molecule has 0 atom stereocenters. The number of hydrogen-bond donors (Lipinski definition) is 0. The maximum absolute atomic E-state index is 6.33. The van der Waals surface area contributed by atoms with Gasteiger partial charge in [-0.2, -0.15) is 9.78 Å². The highest BCUT2D eigenvalue weighted by Gasteiger charge is 2.22. The predicted octanol–water partition coefficient (Wildman–Crippen LogP) is 5.20. The van der Waals surface area contributed by atoms with Crippen molar-refractivity contribution in [3.05, 3.63) is 58.1 Å². The first-order chi connectivity index (χ1) is 12.2. The van der Waals surface area contributed by atoms with Gasteiger partial charge in [0.2, 0.25) is 5.16 Å². The van der Waals surface area contributed by atoms with Crippen molar-refractivity contribution in [2.75, 3.05) is 12.9 Å².